The minimum atomic E-state index is 0.00372. The zero-order chi connectivity index (χ0) is 10.2. The first-order chi connectivity index (χ1) is 6.86. The van der Waals surface area contributed by atoms with Gasteiger partial charge in [0.05, 0.1) is 12.3 Å². The van der Waals surface area contributed by atoms with Gasteiger partial charge >= 0.3 is 0 Å². The van der Waals surface area contributed by atoms with Gasteiger partial charge in [0, 0.05) is 6.20 Å². The summed E-state index contributed by atoms with van der Waals surface area (Å²) in [6.07, 6.45) is 6.91. The van der Waals surface area contributed by atoms with Crippen LogP contribution >= 0.6 is 0 Å². The summed E-state index contributed by atoms with van der Waals surface area (Å²) in [5, 5.41) is 11.9. The Morgan fingerprint density at radius 3 is 2.93 bits per heavy atom. The van der Waals surface area contributed by atoms with Crippen molar-refractivity contribution < 1.29 is 5.11 Å². The monoisotopic (exact) mass is 192 g/mol. The van der Waals surface area contributed by atoms with Crippen molar-refractivity contribution in [3.05, 3.63) is 35.7 Å². The molecule has 0 aromatic carbocycles. The van der Waals surface area contributed by atoms with E-state index in [-0.39, 0.29) is 6.61 Å². The predicted octanol–water partition coefficient (Wildman–Crippen LogP) is 1.20. The summed E-state index contributed by atoms with van der Waals surface area (Å²) in [5.41, 5.74) is 1.77. The van der Waals surface area contributed by atoms with Crippen molar-refractivity contribution in [2.45, 2.75) is 13.0 Å². The summed E-state index contributed by atoms with van der Waals surface area (Å²) in [6, 6.07) is 3.78. The first-order valence-electron chi connectivity index (χ1n) is 4.73. The Morgan fingerprint density at radius 2 is 2.36 bits per heavy atom. The van der Waals surface area contributed by atoms with E-state index in [2.05, 4.69) is 16.4 Å². The number of aliphatic hydroxyl groups is 1. The van der Waals surface area contributed by atoms with Gasteiger partial charge < -0.3 is 10.4 Å². The highest BCUT2D eigenvalue weighted by atomic mass is 16.3. The second-order valence-corrected chi connectivity index (χ2v) is 3.04. The van der Waals surface area contributed by atoms with Crippen LogP contribution < -0.4 is 5.32 Å². The lowest BCUT2D eigenvalue weighted by Crippen LogP contribution is -2.05. The first kappa shape index (κ1) is 10.9. The van der Waals surface area contributed by atoms with Crippen LogP contribution in [0.1, 0.15) is 17.7 Å². The largest absolute Gasteiger partial charge is 0.390 e. The van der Waals surface area contributed by atoms with Crippen LogP contribution in [0.2, 0.25) is 0 Å². The van der Waals surface area contributed by atoms with Gasteiger partial charge in [-0.1, -0.05) is 18.2 Å². The molecule has 3 heteroatoms. The topological polar surface area (TPSA) is 45.1 Å². The lowest BCUT2D eigenvalue weighted by Gasteiger charge is -1.96. The van der Waals surface area contributed by atoms with Crippen molar-refractivity contribution in [3.63, 3.8) is 0 Å². The molecular formula is C11H16N2O. The maximum Gasteiger partial charge on any atom is 0.0852 e. The second-order valence-electron chi connectivity index (χ2n) is 3.04. The fraction of sp³-hybridized carbons (Fsp3) is 0.364. The van der Waals surface area contributed by atoms with E-state index in [1.54, 1.807) is 6.20 Å². The van der Waals surface area contributed by atoms with E-state index >= 15 is 0 Å². The molecule has 0 unspecified atom stereocenters. The predicted molar refractivity (Wildman–Crippen MR) is 57.7 cm³/mol. The van der Waals surface area contributed by atoms with Crippen molar-refractivity contribution in [2.24, 2.45) is 0 Å². The van der Waals surface area contributed by atoms with Crippen molar-refractivity contribution in [3.8, 4) is 0 Å². The Labute approximate surface area is 84.5 Å². The second kappa shape index (κ2) is 6.29. The first-order valence-corrected chi connectivity index (χ1v) is 4.73. The third-order valence-electron chi connectivity index (χ3n) is 1.88. The number of pyridine rings is 1. The zero-order valence-corrected chi connectivity index (χ0v) is 8.40. The van der Waals surface area contributed by atoms with Crippen LogP contribution in [0.25, 0.3) is 6.08 Å². The quantitative estimate of drug-likeness (QED) is 0.689. The van der Waals surface area contributed by atoms with Gasteiger partial charge in [-0.25, -0.2) is 0 Å². The summed E-state index contributed by atoms with van der Waals surface area (Å²) >= 11 is 0. The van der Waals surface area contributed by atoms with Crippen molar-refractivity contribution in [1.82, 2.24) is 10.3 Å². The molecule has 0 amide bonds. The molecule has 0 aliphatic carbocycles. The normalized spacial score (nSPS) is 11.0. The lowest BCUT2D eigenvalue weighted by atomic mass is 10.2. The van der Waals surface area contributed by atoms with Crippen LogP contribution in [0.3, 0.4) is 0 Å². The van der Waals surface area contributed by atoms with Crippen LogP contribution in [-0.2, 0) is 6.61 Å². The fourth-order valence-electron chi connectivity index (χ4n) is 1.08. The smallest absolute Gasteiger partial charge is 0.0852 e. The molecule has 1 rings (SSSR count). The highest BCUT2D eigenvalue weighted by Gasteiger charge is 1.90. The number of aromatic nitrogens is 1. The van der Waals surface area contributed by atoms with Crippen molar-refractivity contribution in [1.29, 1.82) is 0 Å². The molecule has 76 valence electrons. The molecule has 0 atom stereocenters. The Balaban J connectivity index is 2.47. The summed E-state index contributed by atoms with van der Waals surface area (Å²) in [6.45, 7) is 0.988. The van der Waals surface area contributed by atoms with Gasteiger partial charge in [-0.3, -0.25) is 4.98 Å². The highest BCUT2D eigenvalue weighted by molar-refractivity contribution is 5.47. The molecule has 1 aromatic rings. The molecule has 0 radical (unpaired) electrons. The molecule has 0 bridgehead atoms. The maximum absolute atomic E-state index is 8.79. The molecule has 0 saturated carbocycles. The van der Waals surface area contributed by atoms with Gasteiger partial charge in [-0.05, 0) is 31.6 Å². The van der Waals surface area contributed by atoms with Gasteiger partial charge in [0.2, 0.25) is 0 Å². The number of nitrogens with zero attached hydrogens (tertiary/aromatic N) is 1. The Kier molecular flexibility index (Phi) is 4.89. The third kappa shape index (κ3) is 3.68. The summed E-state index contributed by atoms with van der Waals surface area (Å²) in [5.74, 6) is 0. The third-order valence-corrected chi connectivity index (χ3v) is 1.88. The van der Waals surface area contributed by atoms with Gasteiger partial charge in [0.15, 0.2) is 0 Å². The number of hydrogen-bond acceptors (Lipinski definition) is 3. The molecule has 1 heterocycles. The van der Waals surface area contributed by atoms with Gasteiger partial charge in [-0.15, -0.1) is 0 Å². The molecule has 0 fully saturated rings. The van der Waals surface area contributed by atoms with Gasteiger partial charge in [0.1, 0.15) is 0 Å². The number of hydrogen-bond donors (Lipinski definition) is 2. The molecule has 0 spiro atoms. The summed E-state index contributed by atoms with van der Waals surface area (Å²) < 4.78 is 0. The van der Waals surface area contributed by atoms with Crippen LogP contribution in [0.15, 0.2) is 24.4 Å². The van der Waals surface area contributed by atoms with Crippen molar-refractivity contribution >= 4 is 6.08 Å². The maximum atomic E-state index is 8.79. The SMILES string of the molecule is CNCCC=Cc1ccc(CO)nc1. The van der Waals surface area contributed by atoms with Crippen molar-refractivity contribution in [2.75, 3.05) is 13.6 Å². The van der Waals surface area contributed by atoms with E-state index < -0.39 is 0 Å². The number of rotatable bonds is 5. The molecule has 3 nitrogen and oxygen atoms in total. The van der Waals surface area contributed by atoms with E-state index in [0.717, 1.165) is 18.5 Å². The molecule has 14 heavy (non-hydrogen) atoms. The molecule has 2 N–H and O–H groups in total. The van der Waals surface area contributed by atoms with Crippen LogP contribution in [-0.4, -0.2) is 23.7 Å². The molecular weight excluding hydrogens is 176 g/mol. The Hall–Kier alpha value is -1.19. The highest BCUT2D eigenvalue weighted by Crippen LogP contribution is 2.02. The number of nitrogens with one attached hydrogen (secondary N) is 1. The summed E-state index contributed by atoms with van der Waals surface area (Å²) in [4.78, 5) is 4.08. The number of aliphatic hydroxyl groups excluding tert-OH is 1. The fourth-order valence-corrected chi connectivity index (χ4v) is 1.08. The average Bonchev–Trinajstić information content (AvgIpc) is 2.25. The molecule has 0 aliphatic heterocycles. The minimum Gasteiger partial charge on any atom is -0.390 e. The van der Waals surface area contributed by atoms with Crippen LogP contribution in [0.4, 0.5) is 0 Å². The average molecular weight is 192 g/mol. The Morgan fingerprint density at radius 1 is 1.50 bits per heavy atom. The van der Waals surface area contributed by atoms with Crippen LogP contribution in [0, 0.1) is 0 Å². The van der Waals surface area contributed by atoms with E-state index in [9.17, 15) is 0 Å². The van der Waals surface area contributed by atoms with E-state index in [4.69, 9.17) is 5.11 Å². The van der Waals surface area contributed by atoms with E-state index in [1.165, 1.54) is 0 Å². The lowest BCUT2D eigenvalue weighted by molar-refractivity contribution is 0.277. The Bertz CT molecular complexity index is 280. The molecule has 1 aromatic heterocycles. The van der Waals surface area contributed by atoms with Gasteiger partial charge in [-0.2, -0.15) is 0 Å². The standard InChI is InChI=1S/C11H16N2O/c1-12-7-3-2-4-10-5-6-11(9-14)13-8-10/h2,4-6,8,12,14H,3,7,9H2,1H3. The van der Waals surface area contributed by atoms with E-state index in [0.29, 0.717) is 5.69 Å². The van der Waals surface area contributed by atoms with Gasteiger partial charge in [0.25, 0.3) is 0 Å². The molecule has 0 aliphatic rings. The summed E-state index contributed by atoms with van der Waals surface area (Å²) in [7, 11) is 1.94. The van der Waals surface area contributed by atoms with E-state index in [1.807, 2.05) is 25.3 Å². The zero-order valence-electron chi connectivity index (χ0n) is 8.40. The van der Waals surface area contributed by atoms with Crippen LogP contribution in [0.5, 0.6) is 0 Å². The molecule has 0 saturated heterocycles. The minimum absolute atomic E-state index is 0.00372.